The first-order chi connectivity index (χ1) is 8.57. The zero-order valence-electron chi connectivity index (χ0n) is 12.6. The van der Waals surface area contributed by atoms with Gasteiger partial charge in [0.05, 0.1) is 6.04 Å². The number of nitrogens with one attached hydrogen (secondary N) is 1. The fourth-order valence-electron chi connectivity index (χ4n) is 3.29. The lowest BCUT2D eigenvalue weighted by Crippen LogP contribution is -2.60. The molecule has 0 aromatic rings. The molecule has 0 aliphatic heterocycles. The van der Waals surface area contributed by atoms with Crippen LogP contribution >= 0.6 is 0 Å². The van der Waals surface area contributed by atoms with Gasteiger partial charge in [0.1, 0.15) is 0 Å². The van der Waals surface area contributed by atoms with Crippen molar-refractivity contribution >= 4 is 0 Å². The van der Waals surface area contributed by atoms with Crippen molar-refractivity contribution in [2.24, 2.45) is 5.84 Å². The van der Waals surface area contributed by atoms with Crippen LogP contribution in [-0.2, 0) is 0 Å². The second-order valence-electron chi connectivity index (χ2n) is 5.80. The van der Waals surface area contributed by atoms with E-state index in [1.54, 1.807) is 0 Å². The second-order valence-corrected chi connectivity index (χ2v) is 5.80. The highest BCUT2D eigenvalue weighted by Gasteiger charge is 2.35. The van der Waals surface area contributed by atoms with E-state index in [2.05, 4.69) is 44.1 Å². The van der Waals surface area contributed by atoms with Gasteiger partial charge in [-0.15, -0.1) is 0 Å². The van der Waals surface area contributed by atoms with E-state index in [4.69, 9.17) is 5.84 Å². The topological polar surface area (TPSA) is 41.3 Å². The van der Waals surface area contributed by atoms with E-state index in [9.17, 15) is 0 Å². The normalized spacial score (nSPS) is 19.6. The predicted octanol–water partition coefficient (Wildman–Crippen LogP) is 2.83. The molecule has 1 aliphatic rings. The van der Waals surface area contributed by atoms with Gasteiger partial charge >= 0.3 is 0 Å². The quantitative estimate of drug-likeness (QED) is 0.434. The van der Waals surface area contributed by atoms with Crippen LogP contribution < -0.4 is 11.3 Å². The van der Waals surface area contributed by atoms with Crippen LogP contribution in [0.1, 0.15) is 59.8 Å². The Morgan fingerprint density at radius 1 is 1.28 bits per heavy atom. The van der Waals surface area contributed by atoms with E-state index in [0.717, 1.165) is 13.1 Å². The van der Waals surface area contributed by atoms with Crippen LogP contribution in [0.4, 0.5) is 0 Å². The number of likely N-dealkylation sites (N-methyl/N-ethyl adjacent to an activating group) is 1. The van der Waals surface area contributed by atoms with Gasteiger partial charge in [-0.25, -0.2) is 0 Å². The maximum atomic E-state index is 5.87. The molecular weight excluding hydrogens is 222 g/mol. The number of rotatable bonds is 6. The molecule has 1 aliphatic carbocycles. The Morgan fingerprint density at radius 2 is 1.94 bits per heavy atom. The Hall–Kier alpha value is -0.380. The Bertz CT molecular complexity index is 267. The smallest absolute Gasteiger partial charge is 0.0598 e. The third kappa shape index (κ3) is 3.56. The molecular formula is C15H31N3. The molecule has 3 nitrogen and oxygen atoms in total. The van der Waals surface area contributed by atoms with Gasteiger partial charge in [-0.2, -0.15) is 0 Å². The lowest BCUT2D eigenvalue weighted by molar-refractivity contribution is 0.103. The standard InChI is InChI=1S/C15H31N3/c1-5-18(6-2)15(3,4)14(17-16)13-11-9-7-8-10-12-13/h11,14,17H,5-10,12,16H2,1-4H3. The Morgan fingerprint density at radius 3 is 2.50 bits per heavy atom. The number of nitrogens with two attached hydrogens (primary N) is 1. The summed E-state index contributed by atoms with van der Waals surface area (Å²) in [6.45, 7) is 11.2. The third-order valence-electron chi connectivity index (χ3n) is 4.40. The lowest BCUT2D eigenvalue weighted by atomic mass is 9.85. The molecule has 1 rings (SSSR count). The van der Waals surface area contributed by atoms with Crippen LogP contribution in [0.25, 0.3) is 0 Å². The first-order valence-corrected chi connectivity index (χ1v) is 7.48. The first kappa shape index (κ1) is 15.7. The highest BCUT2D eigenvalue weighted by Crippen LogP contribution is 2.28. The molecule has 0 saturated heterocycles. The molecule has 0 aromatic heterocycles. The van der Waals surface area contributed by atoms with E-state index in [-0.39, 0.29) is 11.6 Å². The summed E-state index contributed by atoms with van der Waals surface area (Å²) in [5.74, 6) is 5.87. The molecule has 0 radical (unpaired) electrons. The molecule has 3 heteroatoms. The molecule has 0 bridgehead atoms. The summed E-state index contributed by atoms with van der Waals surface area (Å²) in [6.07, 6.45) is 8.80. The number of hydrazine groups is 1. The summed E-state index contributed by atoms with van der Waals surface area (Å²) in [7, 11) is 0. The summed E-state index contributed by atoms with van der Waals surface area (Å²) < 4.78 is 0. The van der Waals surface area contributed by atoms with Gasteiger partial charge < -0.3 is 0 Å². The van der Waals surface area contributed by atoms with Gasteiger partial charge in [-0.1, -0.05) is 31.9 Å². The van der Waals surface area contributed by atoms with Gasteiger partial charge in [0.25, 0.3) is 0 Å². The molecule has 0 spiro atoms. The first-order valence-electron chi connectivity index (χ1n) is 7.48. The van der Waals surface area contributed by atoms with Crippen LogP contribution in [0.15, 0.2) is 11.6 Å². The number of hydrogen-bond acceptors (Lipinski definition) is 3. The minimum absolute atomic E-state index is 0.0639. The Labute approximate surface area is 113 Å². The zero-order chi connectivity index (χ0) is 13.6. The molecule has 1 unspecified atom stereocenters. The molecule has 1 atom stereocenters. The average Bonchev–Trinajstić information content (AvgIpc) is 2.60. The molecule has 0 fully saturated rings. The van der Waals surface area contributed by atoms with E-state index in [0.29, 0.717) is 0 Å². The molecule has 0 amide bonds. The van der Waals surface area contributed by atoms with Crippen molar-refractivity contribution in [1.82, 2.24) is 10.3 Å². The van der Waals surface area contributed by atoms with Crippen molar-refractivity contribution in [2.45, 2.75) is 71.4 Å². The minimum Gasteiger partial charge on any atom is -0.297 e. The van der Waals surface area contributed by atoms with Gasteiger partial charge in [-0.3, -0.25) is 16.2 Å². The number of allylic oxidation sites excluding steroid dienone is 1. The van der Waals surface area contributed by atoms with E-state index in [1.807, 2.05) is 0 Å². The van der Waals surface area contributed by atoms with Crippen LogP contribution in [-0.4, -0.2) is 29.6 Å². The number of nitrogens with zero attached hydrogens (tertiary/aromatic N) is 1. The molecule has 3 N–H and O–H groups in total. The minimum atomic E-state index is 0.0639. The van der Waals surface area contributed by atoms with Gasteiger partial charge in [-0.05, 0) is 52.6 Å². The average molecular weight is 253 g/mol. The Kier molecular flexibility index (Phi) is 6.33. The summed E-state index contributed by atoms with van der Waals surface area (Å²) in [5.41, 5.74) is 4.65. The van der Waals surface area contributed by atoms with E-state index >= 15 is 0 Å². The SMILES string of the molecule is CCN(CC)C(C)(C)C(NN)C1=CCCCCC1. The van der Waals surface area contributed by atoms with Crippen LogP contribution in [0.3, 0.4) is 0 Å². The predicted molar refractivity (Wildman–Crippen MR) is 79.3 cm³/mol. The van der Waals surface area contributed by atoms with Crippen molar-refractivity contribution < 1.29 is 0 Å². The maximum Gasteiger partial charge on any atom is 0.0598 e. The highest BCUT2D eigenvalue weighted by molar-refractivity contribution is 5.18. The van der Waals surface area contributed by atoms with Crippen LogP contribution in [0.2, 0.25) is 0 Å². The summed E-state index contributed by atoms with van der Waals surface area (Å²) >= 11 is 0. The second kappa shape index (κ2) is 7.27. The van der Waals surface area contributed by atoms with Crippen molar-refractivity contribution in [3.8, 4) is 0 Å². The lowest BCUT2D eigenvalue weighted by Gasteiger charge is -2.44. The maximum absolute atomic E-state index is 5.87. The van der Waals surface area contributed by atoms with Crippen molar-refractivity contribution in [1.29, 1.82) is 0 Å². The van der Waals surface area contributed by atoms with Crippen LogP contribution in [0.5, 0.6) is 0 Å². The van der Waals surface area contributed by atoms with Crippen LogP contribution in [0, 0.1) is 0 Å². The Balaban J connectivity index is 2.89. The molecule has 106 valence electrons. The summed E-state index contributed by atoms with van der Waals surface area (Å²) in [6, 6.07) is 0.260. The monoisotopic (exact) mass is 253 g/mol. The third-order valence-corrected chi connectivity index (χ3v) is 4.40. The summed E-state index contributed by atoms with van der Waals surface area (Å²) in [5, 5.41) is 0. The fourth-order valence-corrected chi connectivity index (χ4v) is 3.29. The van der Waals surface area contributed by atoms with Gasteiger partial charge in [0.15, 0.2) is 0 Å². The van der Waals surface area contributed by atoms with Crippen molar-refractivity contribution in [3.05, 3.63) is 11.6 Å². The van der Waals surface area contributed by atoms with Crippen molar-refractivity contribution in [2.75, 3.05) is 13.1 Å². The zero-order valence-corrected chi connectivity index (χ0v) is 12.6. The van der Waals surface area contributed by atoms with Gasteiger partial charge in [0.2, 0.25) is 0 Å². The fraction of sp³-hybridized carbons (Fsp3) is 0.867. The molecule has 0 heterocycles. The largest absolute Gasteiger partial charge is 0.297 e. The molecule has 18 heavy (non-hydrogen) atoms. The van der Waals surface area contributed by atoms with E-state index < -0.39 is 0 Å². The van der Waals surface area contributed by atoms with E-state index in [1.165, 1.54) is 37.7 Å². The summed E-state index contributed by atoms with van der Waals surface area (Å²) in [4.78, 5) is 2.49. The highest BCUT2D eigenvalue weighted by atomic mass is 15.3. The molecule has 0 aromatic carbocycles. The molecule has 0 saturated carbocycles. The van der Waals surface area contributed by atoms with Gasteiger partial charge in [0, 0.05) is 5.54 Å². The van der Waals surface area contributed by atoms with Crippen molar-refractivity contribution in [3.63, 3.8) is 0 Å². The number of hydrogen-bond donors (Lipinski definition) is 2.